The molecule has 0 fully saturated rings. The Labute approximate surface area is 112 Å². The third-order valence-electron chi connectivity index (χ3n) is 2.72. The van der Waals surface area contributed by atoms with Gasteiger partial charge in [0.05, 0.1) is 5.56 Å². The van der Waals surface area contributed by atoms with E-state index in [0.29, 0.717) is 17.5 Å². The van der Waals surface area contributed by atoms with Crippen molar-refractivity contribution in [2.24, 2.45) is 0 Å². The minimum Gasteiger partial charge on any atom is -0.457 e. The van der Waals surface area contributed by atoms with Gasteiger partial charge in [-0.3, -0.25) is 0 Å². The summed E-state index contributed by atoms with van der Waals surface area (Å²) in [5.74, 6) is -1.10. The van der Waals surface area contributed by atoms with Gasteiger partial charge in [0.25, 0.3) is 0 Å². The van der Waals surface area contributed by atoms with Gasteiger partial charge in [-0.1, -0.05) is 0 Å². The van der Waals surface area contributed by atoms with E-state index in [2.05, 4.69) is 0 Å². The molecule has 2 nitrogen and oxygen atoms in total. The molecule has 0 aliphatic carbocycles. The first-order valence-corrected chi connectivity index (χ1v) is 5.68. The summed E-state index contributed by atoms with van der Waals surface area (Å²) >= 11 is 0. The number of hydrogen-bond acceptors (Lipinski definition) is 2. The Morgan fingerprint density at radius 1 is 1.00 bits per heavy atom. The van der Waals surface area contributed by atoms with Crippen LogP contribution in [0, 0.1) is 12.7 Å². The van der Waals surface area contributed by atoms with Crippen molar-refractivity contribution >= 4 is 5.69 Å². The molecule has 2 rings (SSSR count). The zero-order chi connectivity index (χ0) is 14.9. The molecule has 0 radical (unpaired) electrons. The summed E-state index contributed by atoms with van der Waals surface area (Å²) in [5.41, 5.74) is 5.56. The third kappa shape index (κ3) is 3.01. The van der Waals surface area contributed by atoms with Crippen molar-refractivity contribution in [3.05, 3.63) is 53.3 Å². The molecule has 106 valence electrons. The summed E-state index contributed by atoms with van der Waals surface area (Å²) in [5, 5.41) is 0. The highest BCUT2D eigenvalue weighted by Gasteiger charge is 2.34. The molecule has 0 spiro atoms. The molecule has 0 aliphatic rings. The molecule has 0 amide bonds. The van der Waals surface area contributed by atoms with E-state index in [1.807, 2.05) is 0 Å². The average molecular weight is 285 g/mol. The normalized spacial score (nSPS) is 11.4. The monoisotopic (exact) mass is 285 g/mol. The molecule has 0 saturated heterocycles. The molecular formula is C14H11F4NO. The van der Waals surface area contributed by atoms with Crippen LogP contribution in [0.4, 0.5) is 23.2 Å². The smallest absolute Gasteiger partial charge is 0.419 e. The van der Waals surface area contributed by atoms with Crippen LogP contribution in [-0.4, -0.2) is 0 Å². The maximum absolute atomic E-state index is 13.1. The third-order valence-corrected chi connectivity index (χ3v) is 2.72. The lowest BCUT2D eigenvalue weighted by Crippen LogP contribution is -2.08. The van der Waals surface area contributed by atoms with Crippen LogP contribution in [0.3, 0.4) is 0 Å². The van der Waals surface area contributed by atoms with Crippen molar-refractivity contribution < 1.29 is 22.3 Å². The van der Waals surface area contributed by atoms with Gasteiger partial charge in [-0.2, -0.15) is 13.2 Å². The molecule has 0 bridgehead atoms. The first-order valence-electron chi connectivity index (χ1n) is 5.68. The molecule has 0 saturated carbocycles. The minimum absolute atomic E-state index is 0.0945. The zero-order valence-corrected chi connectivity index (χ0v) is 10.5. The van der Waals surface area contributed by atoms with Crippen LogP contribution < -0.4 is 10.5 Å². The summed E-state index contributed by atoms with van der Waals surface area (Å²) in [6.07, 6.45) is -4.76. The van der Waals surface area contributed by atoms with Crippen LogP contribution in [0.1, 0.15) is 11.1 Å². The van der Waals surface area contributed by atoms with Crippen LogP contribution in [0.2, 0.25) is 0 Å². The van der Waals surface area contributed by atoms with E-state index in [9.17, 15) is 17.6 Å². The van der Waals surface area contributed by atoms with Crippen LogP contribution in [0.5, 0.6) is 11.5 Å². The lowest BCUT2D eigenvalue weighted by molar-refractivity contribution is -0.140. The number of aryl methyl sites for hydroxylation is 1. The largest absolute Gasteiger partial charge is 0.457 e. The number of ether oxygens (including phenoxy) is 1. The first-order chi connectivity index (χ1) is 9.27. The molecule has 2 aromatic rings. The van der Waals surface area contributed by atoms with E-state index < -0.39 is 17.6 Å². The summed E-state index contributed by atoms with van der Waals surface area (Å²) in [4.78, 5) is 0. The maximum atomic E-state index is 13.1. The zero-order valence-electron chi connectivity index (χ0n) is 10.5. The van der Waals surface area contributed by atoms with Crippen molar-refractivity contribution in [2.75, 3.05) is 5.73 Å². The van der Waals surface area contributed by atoms with Crippen LogP contribution in [0.25, 0.3) is 0 Å². The van der Waals surface area contributed by atoms with Gasteiger partial charge < -0.3 is 10.5 Å². The fraction of sp³-hybridized carbons (Fsp3) is 0.143. The first kappa shape index (κ1) is 14.2. The van der Waals surface area contributed by atoms with Gasteiger partial charge in [0.15, 0.2) is 0 Å². The van der Waals surface area contributed by atoms with Gasteiger partial charge in [-0.25, -0.2) is 4.39 Å². The van der Waals surface area contributed by atoms with Crippen molar-refractivity contribution in [1.82, 2.24) is 0 Å². The standard InChI is InChI=1S/C14H11F4NO/c1-8-6-9(3-5-13(8)19)20-10-2-4-12(15)11(7-10)14(16,17)18/h2-7H,19H2,1H3. The highest BCUT2D eigenvalue weighted by atomic mass is 19.4. The summed E-state index contributed by atoms with van der Waals surface area (Å²) < 4.78 is 56.1. The van der Waals surface area contributed by atoms with Gasteiger partial charge in [-0.05, 0) is 48.9 Å². The van der Waals surface area contributed by atoms with Crippen molar-refractivity contribution in [3.8, 4) is 11.5 Å². The maximum Gasteiger partial charge on any atom is 0.419 e. The molecule has 2 N–H and O–H groups in total. The topological polar surface area (TPSA) is 35.2 Å². The Kier molecular flexibility index (Phi) is 3.57. The quantitative estimate of drug-likeness (QED) is 0.650. The summed E-state index contributed by atoms with van der Waals surface area (Å²) in [7, 11) is 0. The van der Waals surface area contributed by atoms with Gasteiger partial charge in [0.1, 0.15) is 17.3 Å². The molecule has 0 atom stereocenters. The highest BCUT2D eigenvalue weighted by Crippen LogP contribution is 2.35. The Balaban J connectivity index is 2.32. The lowest BCUT2D eigenvalue weighted by atomic mass is 10.2. The van der Waals surface area contributed by atoms with E-state index in [1.54, 1.807) is 19.1 Å². The predicted molar refractivity (Wildman–Crippen MR) is 67.1 cm³/mol. The second-order valence-corrected chi connectivity index (χ2v) is 4.26. The van der Waals surface area contributed by atoms with E-state index >= 15 is 0 Å². The summed E-state index contributed by atoms with van der Waals surface area (Å²) in [6, 6.07) is 7.18. The number of nitrogens with two attached hydrogens (primary N) is 1. The number of benzene rings is 2. The highest BCUT2D eigenvalue weighted by molar-refractivity contribution is 5.50. The van der Waals surface area contributed by atoms with Crippen LogP contribution in [0.15, 0.2) is 36.4 Å². The Morgan fingerprint density at radius 3 is 2.20 bits per heavy atom. The number of halogens is 4. The predicted octanol–water partition coefficient (Wildman–Crippen LogP) is 4.53. The second kappa shape index (κ2) is 5.03. The number of hydrogen-bond donors (Lipinski definition) is 1. The van der Waals surface area contributed by atoms with Crippen LogP contribution >= 0.6 is 0 Å². The molecule has 20 heavy (non-hydrogen) atoms. The fourth-order valence-corrected chi connectivity index (χ4v) is 1.63. The Morgan fingerprint density at radius 2 is 1.60 bits per heavy atom. The van der Waals surface area contributed by atoms with Crippen molar-refractivity contribution in [3.63, 3.8) is 0 Å². The lowest BCUT2D eigenvalue weighted by Gasteiger charge is -2.11. The van der Waals surface area contributed by atoms with Crippen molar-refractivity contribution in [2.45, 2.75) is 13.1 Å². The second-order valence-electron chi connectivity index (χ2n) is 4.26. The number of rotatable bonds is 2. The SMILES string of the molecule is Cc1cc(Oc2ccc(F)c(C(F)(F)F)c2)ccc1N. The number of nitrogen functional groups attached to an aromatic ring is 1. The molecule has 0 aromatic heterocycles. The molecule has 0 aliphatic heterocycles. The van der Waals surface area contributed by atoms with E-state index in [1.165, 1.54) is 6.07 Å². The Hall–Kier alpha value is -2.24. The van der Waals surface area contributed by atoms with E-state index in [-0.39, 0.29) is 5.75 Å². The van der Waals surface area contributed by atoms with E-state index in [0.717, 1.165) is 17.7 Å². The number of anilines is 1. The van der Waals surface area contributed by atoms with Gasteiger partial charge in [0, 0.05) is 5.69 Å². The van der Waals surface area contributed by atoms with Crippen LogP contribution in [-0.2, 0) is 6.18 Å². The molecule has 2 aromatic carbocycles. The molecule has 0 heterocycles. The van der Waals surface area contributed by atoms with Gasteiger partial charge in [0.2, 0.25) is 0 Å². The fourth-order valence-electron chi connectivity index (χ4n) is 1.63. The van der Waals surface area contributed by atoms with Crippen molar-refractivity contribution in [1.29, 1.82) is 0 Å². The molecule has 6 heteroatoms. The van der Waals surface area contributed by atoms with Gasteiger partial charge in [-0.15, -0.1) is 0 Å². The number of alkyl halides is 3. The van der Waals surface area contributed by atoms with E-state index in [4.69, 9.17) is 10.5 Å². The van der Waals surface area contributed by atoms with Gasteiger partial charge >= 0.3 is 6.18 Å². The molecular weight excluding hydrogens is 274 g/mol. The minimum atomic E-state index is -4.76. The Bertz CT molecular complexity index is 638. The average Bonchev–Trinajstić information content (AvgIpc) is 2.35. The molecule has 0 unspecified atom stereocenters. The summed E-state index contributed by atoms with van der Waals surface area (Å²) in [6.45, 7) is 1.74.